The number of aromatic nitrogens is 3. The molecule has 2 heterocycles. The summed E-state index contributed by atoms with van der Waals surface area (Å²) in [4.78, 5) is 24.5. The van der Waals surface area contributed by atoms with Gasteiger partial charge in [0, 0.05) is 35.5 Å². The van der Waals surface area contributed by atoms with Gasteiger partial charge in [0.25, 0.3) is 0 Å². The van der Waals surface area contributed by atoms with Crippen LogP contribution >= 0.6 is 0 Å². The molecule has 182 valence electrons. The standard InChI is InChI=1S/C26H19FN4O3S.CH4/c27-20-13-30-26(31-14-20)15-35(33,34)21-5-3-17(4-6-21)23-9-24(23)25(32)8-16-1-2-18-11-29-12-19(10-28)22(18)7-16;/h1-7,11-14,23-24H,8-9,15H2;1H4/t23?,24-;/m1./s1. The Labute approximate surface area is 208 Å². The fourth-order valence-corrected chi connectivity index (χ4v) is 5.46. The van der Waals surface area contributed by atoms with Crippen LogP contribution in [0.5, 0.6) is 0 Å². The third-order valence-electron chi connectivity index (χ3n) is 6.19. The number of sulfone groups is 1. The second-order valence-electron chi connectivity index (χ2n) is 8.59. The van der Waals surface area contributed by atoms with Crippen molar-refractivity contribution in [1.29, 1.82) is 5.26 Å². The van der Waals surface area contributed by atoms with Crippen molar-refractivity contribution in [3.63, 3.8) is 0 Å². The smallest absolute Gasteiger partial charge is 0.185 e. The second kappa shape index (κ2) is 9.91. The molecule has 36 heavy (non-hydrogen) atoms. The molecular formula is C27H23FN4O3S. The molecule has 5 rings (SSSR count). The Bertz CT molecular complexity index is 1580. The van der Waals surface area contributed by atoms with Crippen molar-refractivity contribution in [2.24, 2.45) is 5.92 Å². The highest BCUT2D eigenvalue weighted by molar-refractivity contribution is 7.90. The summed E-state index contributed by atoms with van der Waals surface area (Å²) in [6, 6.07) is 14.3. The van der Waals surface area contributed by atoms with Gasteiger partial charge in [-0.3, -0.25) is 9.78 Å². The summed E-state index contributed by atoms with van der Waals surface area (Å²) in [5.41, 5.74) is 2.24. The number of benzene rings is 2. The number of carbonyl (C=O) groups is 1. The van der Waals surface area contributed by atoms with Gasteiger partial charge >= 0.3 is 0 Å². The summed E-state index contributed by atoms with van der Waals surface area (Å²) in [6.07, 6.45) is 6.06. The molecule has 7 nitrogen and oxygen atoms in total. The Balaban J connectivity index is 0.00000304. The largest absolute Gasteiger partial charge is 0.299 e. The van der Waals surface area contributed by atoms with E-state index in [4.69, 9.17) is 0 Å². The number of hydrogen-bond acceptors (Lipinski definition) is 7. The van der Waals surface area contributed by atoms with E-state index in [1.54, 1.807) is 18.3 Å². The van der Waals surface area contributed by atoms with E-state index in [1.165, 1.54) is 18.3 Å². The van der Waals surface area contributed by atoms with Gasteiger partial charge in [-0.05, 0) is 41.7 Å². The number of fused-ring (bicyclic) bond motifs is 1. The molecule has 0 aliphatic heterocycles. The minimum Gasteiger partial charge on any atom is -0.299 e. The SMILES string of the molecule is C.N#Cc1cncc2ccc(CC(=O)[C@@H]3CC3c3ccc(S(=O)(=O)Cc4ncc(F)cn4)cc3)cc12. The molecule has 1 aliphatic carbocycles. The molecule has 0 radical (unpaired) electrons. The molecule has 1 unspecified atom stereocenters. The lowest BCUT2D eigenvalue weighted by Gasteiger charge is -2.06. The van der Waals surface area contributed by atoms with Gasteiger partial charge < -0.3 is 0 Å². The van der Waals surface area contributed by atoms with Gasteiger partial charge in [-0.15, -0.1) is 0 Å². The van der Waals surface area contributed by atoms with E-state index in [0.29, 0.717) is 5.56 Å². The molecule has 2 aromatic carbocycles. The summed E-state index contributed by atoms with van der Waals surface area (Å²) in [6.45, 7) is 0. The van der Waals surface area contributed by atoms with Crippen LogP contribution < -0.4 is 0 Å². The van der Waals surface area contributed by atoms with Crippen LogP contribution in [0.3, 0.4) is 0 Å². The van der Waals surface area contributed by atoms with Crippen LogP contribution in [0.2, 0.25) is 0 Å². The number of nitrogens with zero attached hydrogens (tertiary/aromatic N) is 4. The first-order valence-corrected chi connectivity index (χ1v) is 12.6. The fraction of sp³-hybridized carbons (Fsp3) is 0.222. The van der Waals surface area contributed by atoms with Gasteiger partial charge in [0.05, 0.1) is 22.9 Å². The number of nitriles is 1. The van der Waals surface area contributed by atoms with Gasteiger partial charge in [-0.2, -0.15) is 5.26 Å². The monoisotopic (exact) mass is 502 g/mol. The van der Waals surface area contributed by atoms with Crippen LogP contribution in [-0.2, 0) is 26.8 Å². The van der Waals surface area contributed by atoms with Crippen molar-refractivity contribution in [3.05, 3.63) is 95.6 Å². The molecular weight excluding hydrogens is 479 g/mol. The number of pyridine rings is 1. The van der Waals surface area contributed by atoms with Crippen LogP contribution in [0.25, 0.3) is 10.8 Å². The molecule has 0 N–H and O–H groups in total. The van der Waals surface area contributed by atoms with E-state index in [9.17, 15) is 22.9 Å². The molecule has 1 fully saturated rings. The molecule has 0 saturated heterocycles. The zero-order valence-corrected chi connectivity index (χ0v) is 19.2. The minimum atomic E-state index is -3.68. The molecule has 0 spiro atoms. The molecule has 9 heteroatoms. The molecule has 1 saturated carbocycles. The zero-order valence-electron chi connectivity index (χ0n) is 18.4. The fourth-order valence-electron chi connectivity index (χ4n) is 4.25. The van der Waals surface area contributed by atoms with Crippen LogP contribution in [-0.4, -0.2) is 29.2 Å². The predicted molar refractivity (Wildman–Crippen MR) is 132 cm³/mol. The van der Waals surface area contributed by atoms with Crippen molar-refractivity contribution in [2.45, 2.75) is 36.8 Å². The number of rotatable bonds is 7. The van der Waals surface area contributed by atoms with Crippen molar-refractivity contribution < 1.29 is 17.6 Å². The Kier molecular flexibility index (Phi) is 6.91. The molecule has 0 bridgehead atoms. The number of ketones is 1. The second-order valence-corrected chi connectivity index (χ2v) is 10.6. The molecule has 1 aliphatic rings. The van der Waals surface area contributed by atoms with Gasteiger partial charge in [0.1, 0.15) is 23.4 Å². The summed E-state index contributed by atoms with van der Waals surface area (Å²) < 4.78 is 38.3. The highest BCUT2D eigenvalue weighted by Crippen LogP contribution is 2.48. The maximum atomic E-state index is 13.0. The molecule has 4 aromatic rings. The number of Topliss-reactive ketones (excluding diaryl/α,β-unsaturated/α-hetero) is 1. The normalized spacial score (nSPS) is 16.7. The van der Waals surface area contributed by atoms with E-state index in [0.717, 1.165) is 40.7 Å². The van der Waals surface area contributed by atoms with Crippen molar-refractivity contribution in [3.8, 4) is 6.07 Å². The number of carbonyl (C=O) groups excluding carboxylic acids is 1. The average Bonchev–Trinajstić information content (AvgIpc) is 3.66. The Morgan fingerprint density at radius 3 is 2.47 bits per heavy atom. The summed E-state index contributed by atoms with van der Waals surface area (Å²) >= 11 is 0. The first-order chi connectivity index (χ1) is 16.8. The van der Waals surface area contributed by atoms with Crippen molar-refractivity contribution >= 4 is 26.4 Å². The zero-order chi connectivity index (χ0) is 24.6. The van der Waals surface area contributed by atoms with Gasteiger partial charge in [0.2, 0.25) is 0 Å². The average molecular weight is 503 g/mol. The van der Waals surface area contributed by atoms with E-state index >= 15 is 0 Å². The lowest BCUT2D eigenvalue weighted by molar-refractivity contribution is -0.119. The summed E-state index contributed by atoms with van der Waals surface area (Å²) in [5, 5.41) is 10.9. The minimum absolute atomic E-state index is 0. The van der Waals surface area contributed by atoms with Gasteiger partial charge in [-0.25, -0.2) is 22.8 Å². The van der Waals surface area contributed by atoms with Gasteiger partial charge in [0.15, 0.2) is 15.7 Å². The molecule has 2 aromatic heterocycles. The van der Waals surface area contributed by atoms with Gasteiger partial charge in [-0.1, -0.05) is 31.7 Å². The third kappa shape index (κ3) is 5.14. The van der Waals surface area contributed by atoms with Crippen LogP contribution in [0, 0.1) is 23.1 Å². The topological polar surface area (TPSA) is 114 Å². The first-order valence-electron chi connectivity index (χ1n) is 10.9. The number of hydrogen-bond donors (Lipinski definition) is 0. The van der Waals surface area contributed by atoms with E-state index in [1.807, 2.05) is 18.2 Å². The summed E-state index contributed by atoms with van der Waals surface area (Å²) in [5.74, 6) is -0.976. The first kappa shape index (κ1) is 25.1. The maximum absolute atomic E-state index is 13.0. The highest BCUT2D eigenvalue weighted by atomic mass is 32.2. The highest BCUT2D eigenvalue weighted by Gasteiger charge is 2.43. The third-order valence-corrected chi connectivity index (χ3v) is 7.82. The summed E-state index contributed by atoms with van der Waals surface area (Å²) in [7, 11) is -3.68. The lowest BCUT2D eigenvalue weighted by Crippen LogP contribution is -2.08. The van der Waals surface area contributed by atoms with Crippen LogP contribution in [0.15, 0.2) is 72.1 Å². The van der Waals surface area contributed by atoms with Crippen LogP contribution in [0.1, 0.15) is 42.3 Å². The van der Waals surface area contributed by atoms with Crippen LogP contribution in [0.4, 0.5) is 4.39 Å². The lowest BCUT2D eigenvalue weighted by atomic mass is 9.99. The Hall–Kier alpha value is -4.03. The van der Waals surface area contributed by atoms with E-state index < -0.39 is 21.4 Å². The van der Waals surface area contributed by atoms with E-state index in [2.05, 4.69) is 21.0 Å². The molecule has 2 atom stereocenters. The Morgan fingerprint density at radius 2 is 1.78 bits per heavy atom. The number of halogens is 1. The maximum Gasteiger partial charge on any atom is 0.185 e. The quantitative estimate of drug-likeness (QED) is 0.364. The van der Waals surface area contributed by atoms with E-state index in [-0.39, 0.29) is 42.2 Å². The van der Waals surface area contributed by atoms with Crippen molar-refractivity contribution in [2.75, 3.05) is 0 Å². The Morgan fingerprint density at radius 1 is 1.06 bits per heavy atom. The van der Waals surface area contributed by atoms with Crippen molar-refractivity contribution in [1.82, 2.24) is 15.0 Å². The molecule has 0 amide bonds. The predicted octanol–water partition coefficient (Wildman–Crippen LogP) is 4.56.